The maximum atomic E-state index is 12.5. The van der Waals surface area contributed by atoms with Gasteiger partial charge in [0.05, 0.1) is 32.0 Å². The van der Waals surface area contributed by atoms with Gasteiger partial charge in [0.15, 0.2) is 0 Å². The van der Waals surface area contributed by atoms with Crippen molar-refractivity contribution in [2.24, 2.45) is 0 Å². The summed E-state index contributed by atoms with van der Waals surface area (Å²) in [4.78, 5) is 12.5. The van der Waals surface area contributed by atoms with E-state index in [-0.39, 0.29) is 10.8 Å². The number of hydrogen-bond donors (Lipinski definition) is 1. The van der Waals surface area contributed by atoms with Gasteiger partial charge in [0, 0.05) is 11.1 Å². The summed E-state index contributed by atoms with van der Waals surface area (Å²) in [6, 6.07) is 9.98. The normalized spacial score (nSPS) is 11.1. The Kier molecular flexibility index (Phi) is 5.71. The summed E-state index contributed by atoms with van der Waals surface area (Å²) in [5.41, 5.74) is 7.22. The number of ether oxygens (including phenoxy) is 3. The number of hydrogen-bond acceptors (Lipinski definition) is 5. The zero-order chi connectivity index (χ0) is 17.7. The Hall–Kier alpha value is -2.66. The quantitative estimate of drug-likeness (QED) is 0.489. The van der Waals surface area contributed by atoms with E-state index in [1.807, 2.05) is 0 Å². The predicted octanol–water partition coefficient (Wildman–Crippen LogP) is 3.76. The van der Waals surface area contributed by atoms with Gasteiger partial charge in [0.25, 0.3) is 0 Å². The zero-order valence-corrected chi connectivity index (χ0v) is 14.4. The molecule has 0 bridgehead atoms. The van der Waals surface area contributed by atoms with E-state index in [0.29, 0.717) is 34.1 Å². The molecule has 0 aromatic heterocycles. The molecule has 5 nitrogen and oxygen atoms in total. The summed E-state index contributed by atoms with van der Waals surface area (Å²) in [5, 5.41) is 0.0355. The monoisotopic (exact) mass is 347 g/mol. The SMILES string of the molecule is COc1ccc(OC)c(C=C(Cl)C(=O)c2ccc(N)c(OC)c2)c1. The Labute approximate surface area is 145 Å². The van der Waals surface area contributed by atoms with Crippen molar-refractivity contribution in [3.63, 3.8) is 0 Å². The highest BCUT2D eigenvalue weighted by Gasteiger charge is 2.14. The second-order valence-corrected chi connectivity index (χ2v) is 5.29. The molecule has 0 spiro atoms. The van der Waals surface area contributed by atoms with Gasteiger partial charge >= 0.3 is 0 Å². The minimum Gasteiger partial charge on any atom is -0.497 e. The second-order valence-electron chi connectivity index (χ2n) is 4.89. The van der Waals surface area contributed by atoms with Crippen LogP contribution in [0.15, 0.2) is 41.4 Å². The number of allylic oxidation sites excluding steroid dienone is 1. The van der Waals surface area contributed by atoms with E-state index >= 15 is 0 Å². The third-order valence-corrected chi connectivity index (χ3v) is 3.71. The van der Waals surface area contributed by atoms with Crippen LogP contribution in [0.25, 0.3) is 6.08 Å². The van der Waals surface area contributed by atoms with Crippen molar-refractivity contribution in [2.75, 3.05) is 27.1 Å². The van der Waals surface area contributed by atoms with E-state index in [2.05, 4.69) is 0 Å². The van der Waals surface area contributed by atoms with E-state index in [0.717, 1.165) is 0 Å². The molecule has 2 aromatic carbocycles. The number of anilines is 1. The van der Waals surface area contributed by atoms with Crippen LogP contribution in [0.3, 0.4) is 0 Å². The molecule has 0 unspecified atom stereocenters. The fourth-order valence-corrected chi connectivity index (χ4v) is 2.37. The Morgan fingerprint density at radius 1 is 1.00 bits per heavy atom. The lowest BCUT2D eigenvalue weighted by Gasteiger charge is -2.09. The largest absolute Gasteiger partial charge is 0.497 e. The highest BCUT2D eigenvalue weighted by molar-refractivity contribution is 6.47. The van der Waals surface area contributed by atoms with E-state index in [1.165, 1.54) is 13.2 Å². The second kappa shape index (κ2) is 7.75. The van der Waals surface area contributed by atoms with E-state index in [4.69, 9.17) is 31.5 Å². The topological polar surface area (TPSA) is 70.8 Å². The number of methoxy groups -OCH3 is 3. The van der Waals surface area contributed by atoms with Crippen molar-refractivity contribution < 1.29 is 19.0 Å². The predicted molar refractivity (Wildman–Crippen MR) is 95.1 cm³/mol. The molecule has 0 heterocycles. The summed E-state index contributed by atoms with van der Waals surface area (Å²) in [6.07, 6.45) is 1.54. The number of benzene rings is 2. The number of nitrogen functional groups attached to an aromatic ring is 1. The standard InChI is InChI=1S/C18H18ClNO4/c1-22-13-5-7-16(23-2)12(8-13)9-14(19)18(21)11-4-6-15(20)17(10-11)24-3/h4-10H,20H2,1-3H3. The number of rotatable bonds is 6. The molecule has 0 aliphatic carbocycles. The van der Waals surface area contributed by atoms with Crippen molar-refractivity contribution in [3.05, 3.63) is 52.6 Å². The van der Waals surface area contributed by atoms with Crippen molar-refractivity contribution in [1.29, 1.82) is 0 Å². The lowest BCUT2D eigenvalue weighted by Crippen LogP contribution is -2.01. The third kappa shape index (κ3) is 3.81. The summed E-state index contributed by atoms with van der Waals surface area (Å²) >= 11 is 6.20. The van der Waals surface area contributed by atoms with Crippen molar-refractivity contribution in [2.45, 2.75) is 0 Å². The van der Waals surface area contributed by atoms with Gasteiger partial charge < -0.3 is 19.9 Å². The Bertz CT molecular complexity index is 787. The lowest BCUT2D eigenvalue weighted by atomic mass is 10.1. The third-order valence-electron chi connectivity index (χ3n) is 3.43. The fourth-order valence-electron chi connectivity index (χ4n) is 2.14. The van der Waals surface area contributed by atoms with Crippen molar-refractivity contribution >= 4 is 29.1 Å². The van der Waals surface area contributed by atoms with Crippen LogP contribution in [0.4, 0.5) is 5.69 Å². The van der Waals surface area contributed by atoms with Gasteiger partial charge in [-0.2, -0.15) is 0 Å². The fraction of sp³-hybridized carbons (Fsp3) is 0.167. The maximum absolute atomic E-state index is 12.5. The van der Waals surface area contributed by atoms with Crippen LogP contribution in [0.5, 0.6) is 17.2 Å². The summed E-state index contributed by atoms with van der Waals surface area (Å²) in [6.45, 7) is 0. The number of ketones is 1. The molecule has 2 aromatic rings. The number of carbonyl (C=O) groups is 1. The maximum Gasteiger partial charge on any atom is 0.204 e. The van der Waals surface area contributed by atoms with E-state index < -0.39 is 0 Å². The minimum absolute atomic E-state index is 0.0355. The molecule has 2 rings (SSSR count). The number of carbonyl (C=O) groups excluding carboxylic acids is 1. The van der Waals surface area contributed by atoms with Gasteiger partial charge in [-0.25, -0.2) is 0 Å². The lowest BCUT2D eigenvalue weighted by molar-refractivity contribution is 0.104. The molecule has 2 N–H and O–H groups in total. The van der Waals surface area contributed by atoms with E-state index in [1.54, 1.807) is 50.6 Å². The molecule has 126 valence electrons. The first-order chi connectivity index (χ1) is 11.5. The Morgan fingerprint density at radius 3 is 2.33 bits per heavy atom. The number of nitrogens with two attached hydrogens (primary N) is 1. The van der Waals surface area contributed by atoms with Gasteiger partial charge in [-0.1, -0.05) is 11.6 Å². The van der Waals surface area contributed by atoms with E-state index in [9.17, 15) is 4.79 Å². The van der Waals surface area contributed by atoms with Crippen molar-refractivity contribution in [3.8, 4) is 17.2 Å². The van der Waals surface area contributed by atoms with Gasteiger partial charge in [0.2, 0.25) is 5.78 Å². The van der Waals surface area contributed by atoms with Crippen LogP contribution in [-0.4, -0.2) is 27.1 Å². The summed E-state index contributed by atoms with van der Waals surface area (Å²) < 4.78 is 15.6. The highest BCUT2D eigenvalue weighted by atomic mass is 35.5. The summed E-state index contributed by atoms with van der Waals surface area (Å²) in [7, 11) is 4.58. The summed E-state index contributed by atoms with van der Waals surface area (Å²) in [5.74, 6) is 1.29. The highest BCUT2D eigenvalue weighted by Crippen LogP contribution is 2.29. The molecular weight excluding hydrogens is 330 g/mol. The van der Waals surface area contributed by atoms with Gasteiger partial charge in [-0.3, -0.25) is 4.79 Å². The van der Waals surface area contributed by atoms with Crippen molar-refractivity contribution in [1.82, 2.24) is 0 Å². The molecule has 0 fully saturated rings. The first kappa shape index (κ1) is 17.7. The number of Topliss-reactive ketones (excluding diaryl/α,β-unsaturated/α-hetero) is 1. The van der Waals surface area contributed by atoms with Crippen LogP contribution in [0.1, 0.15) is 15.9 Å². The molecule has 0 aliphatic rings. The molecular formula is C18H18ClNO4. The minimum atomic E-state index is -0.347. The molecule has 0 radical (unpaired) electrons. The molecule has 0 saturated heterocycles. The zero-order valence-electron chi connectivity index (χ0n) is 13.6. The van der Waals surface area contributed by atoms with Crippen LogP contribution >= 0.6 is 11.6 Å². The first-order valence-electron chi connectivity index (χ1n) is 7.07. The first-order valence-corrected chi connectivity index (χ1v) is 7.45. The molecule has 24 heavy (non-hydrogen) atoms. The Morgan fingerprint density at radius 2 is 1.71 bits per heavy atom. The van der Waals surface area contributed by atoms with Crippen LogP contribution < -0.4 is 19.9 Å². The molecule has 0 amide bonds. The molecule has 6 heteroatoms. The van der Waals surface area contributed by atoms with Gasteiger partial charge in [0.1, 0.15) is 17.2 Å². The van der Waals surface area contributed by atoms with Crippen LogP contribution in [-0.2, 0) is 0 Å². The van der Waals surface area contributed by atoms with Gasteiger partial charge in [-0.15, -0.1) is 0 Å². The Balaban J connectivity index is 2.38. The molecule has 0 atom stereocenters. The van der Waals surface area contributed by atoms with Gasteiger partial charge in [-0.05, 0) is 42.5 Å². The average molecular weight is 348 g/mol. The molecule has 0 aliphatic heterocycles. The average Bonchev–Trinajstić information content (AvgIpc) is 2.61. The van der Waals surface area contributed by atoms with Crippen LogP contribution in [0, 0.1) is 0 Å². The van der Waals surface area contributed by atoms with Crippen LogP contribution in [0.2, 0.25) is 0 Å². The molecule has 0 saturated carbocycles. The smallest absolute Gasteiger partial charge is 0.204 e. The number of halogens is 1.